The Labute approximate surface area is 91.9 Å². The first kappa shape index (κ1) is 12.2. The van der Waals surface area contributed by atoms with Gasteiger partial charge >= 0.3 is 5.97 Å². The van der Waals surface area contributed by atoms with Crippen LogP contribution >= 0.6 is 11.3 Å². The van der Waals surface area contributed by atoms with Crippen molar-refractivity contribution in [2.24, 2.45) is 5.14 Å². The van der Waals surface area contributed by atoms with Crippen LogP contribution in [0, 0.1) is 6.92 Å². The van der Waals surface area contributed by atoms with Gasteiger partial charge in [-0.2, -0.15) is 0 Å². The number of esters is 1. The lowest BCUT2D eigenvalue weighted by molar-refractivity contribution is 0.0522. The van der Waals surface area contributed by atoms with Crippen LogP contribution in [0.4, 0.5) is 0 Å². The predicted molar refractivity (Wildman–Crippen MR) is 56.4 cm³/mol. The van der Waals surface area contributed by atoms with Gasteiger partial charge in [0.25, 0.3) is 0 Å². The Balaban J connectivity index is 3.27. The van der Waals surface area contributed by atoms with Crippen LogP contribution in [0.5, 0.6) is 0 Å². The van der Waals surface area contributed by atoms with Crippen LogP contribution in [0.1, 0.15) is 22.2 Å². The van der Waals surface area contributed by atoms with Gasteiger partial charge in [0.1, 0.15) is 4.90 Å². The molecule has 0 unspecified atom stereocenters. The summed E-state index contributed by atoms with van der Waals surface area (Å²) in [6.45, 7) is 3.43. The molecular weight excluding hydrogens is 238 g/mol. The molecule has 0 fully saturated rings. The lowest BCUT2D eigenvalue weighted by Gasteiger charge is -2.02. The number of hydrogen-bond acceptors (Lipinski definition) is 5. The van der Waals surface area contributed by atoms with Crippen LogP contribution in [0.3, 0.4) is 0 Å². The second-order valence-corrected chi connectivity index (χ2v) is 5.38. The number of primary sulfonamides is 1. The third-order valence-corrected chi connectivity index (χ3v) is 3.83. The molecule has 2 N–H and O–H groups in total. The molecule has 1 rings (SSSR count). The lowest BCUT2D eigenvalue weighted by atomic mass is 10.3. The van der Waals surface area contributed by atoms with E-state index >= 15 is 0 Å². The maximum absolute atomic E-state index is 11.4. The van der Waals surface area contributed by atoms with Crippen molar-refractivity contribution in [2.45, 2.75) is 18.7 Å². The average Bonchev–Trinajstić information content (AvgIpc) is 2.46. The first-order valence-corrected chi connectivity index (χ1v) is 6.58. The third-order valence-electron chi connectivity index (χ3n) is 1.70. The van der Waals surface area contributed by atoms with Gasteiger partial charge in [0.15, 0.2) is 0 Å². The van der Waals surface area contributed by atoms with E-state index in [1.807, 2.05) is 0 Å². The summed E-state index contributed by atoms with van der Waals surface area (Å²) >= 11 is 1.15. The minimum absolute atomic E-state index is 0.0156. The van der Waals surface area contributed by atoms with E-state index in [9.17, 15) is 13.2 Å². The Morgan fingerprint density at radius 2 is 2.20 bits per heavy atom. The molecule has 0 spiro atoms. The van der Waals surface area contributed by atoms with Crippen LogP contribution in [0.2, 0.25) is 0 Å². The summed E-state index contributed by atoms with van der Waals surface area (Å²) in [6, 6.07) is 0. The van der Waals surface area contributed by atoms with Gasteiger partial charge in [0, 0.05) is 10.3 Å². The van der Waals surface area contributed by atoms with Gasteiger partial charge in [0.2, 0.25) is 10.0 Å². The van der Waals surface area contributed by atoms with Crippen molar-refractivity contribution in [3.8, 4) is 0 Å². The summed E-state index contributed by atoms with van der Waals surface area (Å²) in [4.78, 5) is 11.7. The Morgan fingerprint density at radius 3 is 2.67 bits per heavy atom. The van der Waals surface area contributed by atoms with Crippen LogP contribution in [0.15, 0.2) is 10.3 Å². The molecule has 15 heavy (non-hydrogen) atoms. The minimum Gasteiger partial charge on any atom is -0.462 e. The minimum atomic E-state index is -3.87. The third kappa shape index (κ3) is 2.55. The van der Waals surface area contributed by atoms with E-state index in [2.05, 4.69) is 0 Å². The fourth-order valence-electron chi connectivity index (χ4n) is 1.15. The van der Waals surface area contributed by atoms with Crippen molar-refractivity contribution in [1.82, 2.24) is 0 Å². The van der Waals surface area contributed by atoms with Crippen molar-refractivity contribution in [2.75, 3.05) is 6.61 Å². The molecule has 0 saturated carbocycles. The van der Waals surface area contributed by atoms with Crippen molar-refractivity contribution in [3.05, 3.63) is 15.8 Å². The quantitative estimate of drug-likeness (QED) is 0.806. The number of nitrogens with two attached hydrogens (primary N) is 1. The number of sulfonamides is 1. The van der Waals surface area contributed by atoms with Crippen LogP contribution in [0.25, 0.3) is 0 Å². The van der Waals surface area contributed by atoms with E-state index in [0.717, 1.165) is 11.3 Å². The highest BCUT2D eigenvalue weighted by Gasteiger charge is 2.24. The van der Waals surface area contributed by atoms with Crippen LogP contribution in [-0.2, 0) is 14.8 Å². The van der Waals surface area contributed by atoms with Crippen LogP contribution in [-0.4, -0.2) is 21.0 Å². The molecule has 0 aliphatic rings. The summed E-state index contributed by atoms with van der Waals surface area (Å²) in [7, 11) is -3.87. The summed E-state index contributed by atoms with van der Waals surface area (Å²) in [6.07, 6.45) is 0. The number of carbonyl (C=O) groups excluding carboxylic acids is 1. The first-order chi connectivity index (χ1) is 6.88. The molecule has 0 aliphatic carbocycles. The zero-order valence-electron chi connectivity index (χ0n) is 8.31. The molecule has 7 heteroatoms. The first-order valence-electron chi connectivity index (χ1n) is 4.16. The Hall–Kier alpha value is -0.920. The maximum Gasteiger partial charge on any atom is 0.340 e. The average molecular weight is 249 g/mol. The van der Waals surface area contributed by atoms with Gasteiger partial charge in [-0.1, -0.05) is 0 Å². The summed E-state index contributed by atoms with van der Waals surface area (Å²) < 4.78 is 27.2. The topological polar surface area (TPSA) is 86.5 Å². The van der Waals surface area contributed by atoms with Gasteiger partial charge in [-0.05, 0) is 13.8 Å². The van der Waals surface area contributed by atoms with Crippen molar-refractivity contribution < 1.29 is 17.9 Å². The van der Waals surface area contributed by atoms with Gasteiger partial charge in [0.05, 0.1) is 12.2 Å². The largest absolute Gasteiger partial charge is 0.462 e. The fourth-order valence-corrected chi connectivity index (χ4v) is 3.29. The number of rotatable bonds is 3. The molecular formula is C8H11NO4S2. The summed E-state index contributed by atoms with van der Waals surface area (Å²) in [5.41, 5.74) is 0.0156. The molecule has 1 heterocycles. The highest BCUT2D eigenvalue weighted by molar-refractivity contribution is 7.89. The van der Waals surface area contributed by atoms with Gasteiger partial charge in [-0.15, -0.1) is 11.3 Å². The smallest absolute Gasteiger partial charge is 0.340 e. The molecule has 0 radical (unpaired) electrons. The number of hydrogen-bond donors (Lipinski definition) is 1. The Bertz CT molecular complexity index is 475. The molecule has 0 bridgehead atoms. The monoisotopic (exact) mass is 249 g/mol. The molecule has 0 aliphatic heterocycles. The number of aryl methyl sites for hydroxylation is 1. The molecule has 0 saturated heterocycles. The van der Waals surface area contributed by atoms with E-state index < -0.39 is 16.0 Å². The zero-order chi connectivity index (χ0) is 11.6. The number of thiophene rings is 1. The van der Waals surface area contributed by atoms with E-state index in [1.165, 1.54) is 5.38 Å². The van der Waals surface area contributed by atoms with Gasteiger partial charge in [-0.3, -0.25) is 0 Å². The maximum atomic E-state index is 11.4. The highest BCUT2D eigenvalue weighted by atomic mass is 32.2. The predicted octanol–water partition coefficient (Wildman–Crippen LogP) is 0.881. The van der Waals surface area contributed by atoms with E-state index in [4.69, 9.17) is 9.88 Å². The summed E-state index contributed by atoms with van der Waals surface area (Å²) in [5, 5.41) is 6.45. The van der Waals surface area contributed by atoms with E-state index in [-0.39, 0.29) is 17.1 Å². The normalized spacial score (nSPS) is 11.4. The van der Waals surface area contributed by atoms with Crippen molar-refractivity contribution >= 4 is 27.3 Å². The van der Waals surface area contributed by atoms with Crippen molar-refractivity contribution in [1.29, 1.82) is 0 Å². The number of carbonyl (C=O) groups is 1. The van der Waals surface area contributed by atoms with E-state index in [0.29, 0.717) is 4.88 Å². The molecule has 0 atom stereocenters. The molecule has 0 aromatic carbocycles. The molecule has 0 amide bonds. The SMILES string of the molecule is CCOC(=O)c1csc(C)c1S(N)(=O)=O. The zero-order valence-corrected chi connectivity index (χ0v) is 9.94. The summed E-state index contributed by atoms with van der Waals surface area (Å²) in [5.74, 6) is -0.661. The second-order valence-electron chi connectivity index (χ2n) is 2.80. The Kier molecular flexibility index (Phi) is 3.48. The number of ether oxygens (including phenoxy) is 1. The molecule has 5 nitrogen and oxygen atoms in total. The fraction of sp³-hybridized carbons (Fsp3) is 0.375. The molecule has 84 valence electrons. The lowest BCUT2D eigenvalue weighted by Crippen LogP contribution is -2.17. The molecule has 1 aromatic rings. The standard InChI is InChI=1S/C8H11NO4S2/c1-3-13-8(10)6-4-14-5(2)7(6)15(9,11)12/h4H,3H2,1-2H3,(H2,9,11,12). The van der Waals surface area contributed by atoms with Crippen LogP contribution < -0.4 is 5.14 Å². The van der Waals surface area contributed by atoms with Gasteiger partial charge in [-0.25, -0.2) is 18.4 Å². The second kappa shape index (κ2) is 4.30. The highest BCUT2D eigenvalue weighted by Crippen LogP contribution is 2.26. The Morgan fingerprint density at radius 1 is 1.60 bits per heavy atom. The molecule has 1 aromatic heterocycles. The van der Waals surface area contributed by atoms with E-state index in [1.54, 1.807) is 13.8 Å². The van der Waals surface area contributed by atoms with Crippen molar-refractivity contribution in [3.63, 3.8) is 0 Å². The van der Waals surface area contributed by atoms with Gasteiger partial charge < -0.3 is 4.74 Å².